The van der Waals surface area contributed by atoms with Crippen molar-refractivity contribution in [1.29, 1.82) is 0 Å². The number of aryl methyl sites for hydroxylation is 1. The van der Waals surface area contributed by atoms with E-state index in [-0.39, 0.29) is 10.7 Å². The minimum absolute atomic E-state index is 0.0873. The molecule has 0 bridgehead atoms. The number of aromatic nitrogens is 2. The molecule has 23 heavy (non-hydrogen) atoms. The van der Waals surface area contributed by atoms with Crippen LogP contribution in [0.1, 0.15) is 16.8 Å². The molecule has 0 unspecified atom stereocenters. The lowest BCUT2D eigenvalue weighted by molar-refractivity contribution is -0.384. The first-order valence-corrected chi connectivity index (χ1v) is 7.47. The summed E-state index contributed by atoms with van der Waals surface area (Å²) < 4.78 is 5.86. The quantitative estimate of drug-likeness (QED) is 0.633. The molecule has 1 aromatic carbocycles. The summed E-state index contributed by atoms with van der Waals surface area (Å²) in [6.45, 7) is 3.39. The van der Waals surface area contributed by atoms with E-state index in [4.69, 9.17) is 16.3 Å². The average molecular weight is 335 g/mol. The Morgan fingerprint density at radius 3 is 2.91 bits per heavy atom. The van der Waals surface area contributed by atoms with Gasteiger partial charge in [0.05, 0.1) is 22.2 Å². The van der Waals surface area contributed by atoms with Crippen molar-refractivity contribution >= 4 is 17.3 Å². The van der Waals surface area contributed by atoms with Gasteiger partial charge in [0, 0.05) is 19.5 Å². The highest BCUT2D eigenvalue weighted by atomic mass is 35.5. The van der Waals surface area contributed by atoms with Crippen LogP contribution in [0.2, 0.25) is 5.02 Å². The van der Waals surface area contributed by atoms with E-state index in [0.717, 1.165) is 24.2 Å². The molecule has 1 aliphatic heterocycles. The zero-order valence-corrected chi connectivity index (χ0v) is 13.5. The predicted molar refractivity (Wildman–Crippen MR) is 85.0 cm³/mol. The Bertz CT molecular complexity index is 782. The van der Waals surface area contributed by atoms with Crippen LogP contribution in [0.3, 0.4) is 0 Å². The minimum atomic E-state index is -0.530. The number of hydrogen-bond donors (Lipinski definition) is 0. The highest BCUT2D eigenvalue weighted by Crippen LogP contribution is 2.35. The Hall–Kier alpha value is -2.25. The topological polar surface area (TPSA) is 81.4 Å². The van der Waals surface area contributed by atoms with Gasteiger partial charge in [0.2, 0.25) is 5.88 Å². The summed E-state index contributed by atoms with van der Waals surface area (Å²) in [4.78, 5) is 21.2. The van der Waals surface area contributed by atoms with Gasteiger partial charge in [-0.3, -0.25) is 10.1 Å². The molecule has 2 heterocycles. The Labute approximate surface area is 138 Å². The number of rotatable bonds is 3. The molecule has 7 nitrogen and oxygen atoms in total. The Morgan fingerprint density at radius 2 is 2.17 bits per heavy atom. The van der Waals surface area contributed by atoms with Gasteiger partial charge in [-0.2, -0.15) is 0 Å². The molecular formula is C15H15ClN4O3. The SMILES string of the molecule is Cc1cc(Cl)c([N+](=O)[O-])cc1Oc1ncnc2c1CN(C)CC2. The number of benzene rings is 1. The van der Waals surface area contributed by atoms with Gasteiger partial charge in [0.15, 0.2) is 0 Å². The molecule has 3 rings (SSSR count). The van der Waals surface area contributed by atoms with Gasteiger partial charge in [0.25, 0.3) is 5.69 Å². The van der Waals surface area contributed by atoms with Crippen molar-refractivity contribution in [3.05, 3.63) is 50.4 Å². The molecule has 0 atom stereocenters. The molecule has 1 aliphatic rings. The first-order chi connectivity index (χ1) is 11.0. The molecule has 8 heteroatoms. The van der Waals surface area contributed by atoms with Crippen molar-refractivity contribution in [3.8, 4) is 11.6 Å². The maximum absolute atomic E-state index is 11.0. The van der Waals surface area contributed by atoms with E-state index >= 15 is 0 Å². The van der Waals surface area contributed by atoms with Gasteiger partial charge in [0.1, 0.15) is 17.1 Å². The van der Waals surface area contributed by atoms with Crippen LogP contribution in [0.15, 0.2) is 18.5 Å². The van der Waals surface area contributed by atoms with Gasteiger partial charge >= 0.3 is 0 Å². The molecule has 0 radical (unpaired) electrons. The molecule has 0 spiro atoms. The lowest BCUT2D eigenvalue weighted by atomic mass is 10.1. The molecule has 0 saturated carbocycles. The monoisotopic (exact) mass is 334 g/mol. The smallest absolute Gasteiger partial charge is 0.291 e. The maximum Gasteiger partial charge on any atom is 0.291 e. The first-order valence-electron chi connectivity index (χ1n) is 7.09. The van der Waals surface area contributed by atoms with E-state index < -0.39 is 4.92 Å². The lowest BCUT2D eigenvalue weighted by Crippen LogP contribution is -2.27. The van der Waals surface area contributed by atoms with Crippen LogP contribution in [-0.4, -0.2) is 33.4 Å². The highest BCUT2D eigenvalue weighted by Gasteiger charge is 2.22. The van der Waals surface area contributed by atoms with Crippen molar-refractivity contribution in [2.45, 2.75) is 19.9 Å². The zero-order chi connectivity index (χ0) is 16.6. The minimum Gasteiger partial charge on any atom is -0.438 e. The standard InChI is InChI=1S/C15H15ClN4O3/c1-9-5-11(16)13(20(21)22)6-14(9)23-15-10-7-19(2)4-3-12(10)17-8-18-15/h5-6,8H,3-4,7H2,1-2H3. The van der Waals surface area contributed by atoms with E-state index in [9.17, 15) is 10.1 Å². The summed E-state index contributed by atoms with van der Waals surface area (Å²) in [6, 6.07) is 2.85. The summed E-state index contributed by atoms with van der Waals surface area (Å²) in [5, 5.41) is 11.1. The van der Waals surface area contributed by atoms with E-state index in [2.05, 4.69) is 14.9 Å². The van der Waals surface area contributed by atoms with Gasteiger partial charge in [-0.25, -0.2) is 9.97 Å². The zero-order valence-electron chi connectivity index (χ0n) is 12.7. The van der Waals surface area contributed by atoms with Gasteiger partial charge in [-0.15, -0.1) is 0 Å². The van der Waals surface area contributed by atoms with Crippen molar-refractivity contribution in [2.24, 2.45) is 0 Å². The summed E-state index contributed by atoms with van der Waals surface area (Å²) >= 11 is 5.90. The number of fused-ring (bicyclic) bond motifs is 1. The Morgan fingerprint density at radius 1 is 1.39 bits per heavy atom. The Balaban J connectivity index is 2.00. The van der Waals surface area contributed by atoms with Crippen molar-refractivity contribution in [3.63, 3.8) is 0 Å². The molecule has 0 aliphatic carbocycles. The van der Waals surface area contributed by atoms with E-state index in [1.54, 1.807) is 6.92 Å². The van der Waals surface area contributed by atoms with E-state index in [1.165, 1.54) is 18.5 Å². The van der Waals surface area contributed by atoms with E-state index in [1.807, 2.05) is 7.05 Å². The van der Waals surface area contributed by atoms with Gasteiger partial charge in [-0.1, -0.05) is 11.6 Å². The van der Waals surface area contributed by atoms with Crippen molar-refractivity contribution < 1.29 is 9.66 Å². The highest BCUT2D eigenvalue weighted by molar-refractivity contribution is 6.32. The molecule has 120 valence electrons. The largest absolute Gasteiger partial charge is 0.438 e. The normalized spacial score (nSPS) is 14.4. The number of ether oxygens (including phenoxy) is 1. The summed E-state index contributed by atoms with van der Waals surface area (Å²) in [5.41, 5.74) is 2.39. The molecule has 0 amide bonds. The van der Waals surface area contributed by atoms with Crippen LogP contribution >= 0.6 is 11.6 Å². The summed E-state index contributed by atoms with van der Waals surface area (Å²) in [5.74, 6) is 0.802. The number of nitro groups is 1. The molecule has 0 saturated heterocycles. The van der Waals surface area contributed by atoms with Crippen molar-refractivity contribution in [2.75, 3.05) is 13.6 Å². The second kappa shape index (κ2) is 6.10. The second-order valence-electron chi connectivity index (χ2n) is 5.52. The fourth-order valence-corrected chi connectivity index (χ4v) is 2.82. The van der Waals surface area contributed by atoms with Crippen LogP contribution in [0, 0.1) is 17.0 Å². The van der Waals surface area contributed by atoms with Crippen LogP contribution in [-0.2, 0) is 13.0 Å². The first kappa shape index (κ1) is 15.6. The van der Waals surface area contributed by atoms with Gasteiger partial charge in [-0.05, 0) is 25.6 Å². The maximum atomic E-state index is 11.0. The lowest BCUT2D eigenvalue weighted by Gasteiger charge is -2.25. The predicted octanol–water partition coefficient (Wildman–Crippen LogP) is 3.13. The average Bonchev–Trinajstić information content (AvgIpc) is 2.50. The van der Waals surface area contributed by atoms with E-state index in [0.29, 0.717) is 23.7 Å². The fraction of sp³-hybridized carbons (Fsp3) is 0.333. The molecule has 0 fully saturated rings. The third-order valence-electron chi connectivity index (χ3n) is 3.80. The van der Waals surface area contributed by atoms with Crippen molar-refractivity contribution in [1.82, 2.24) is 14.9 Å². The third kappa shape index (κ3) is 3.11. The molecule has 2 aromatic rings. The number of halogens is 1. The second-order valence-corrected chi connectivity index (χ2v) is 5.93. The van der Waals surface area contributed by atoms with Crippen LogP contribution in [0.4, 0.5) is 5.69 Å². The van der Waals surface area contributed by atoms with Crippen LogP contribution in [0.5, 0.6) is 11.6 Å². The van der Waals surface area contributed by atoms with Crippen LogP contribution < -0.4 is 4.74 Å². The molecule has 0 N–H and O–H groups in total. The number of hydrogen-bond acceptors (Lipinski definition) is 6. The van der Waals surface area contributed by atoms with Crippen LogP contribution in [0.25, 0.3) is 0 Å². The number of nitro benzene ring substituents is 1. The van der Waals surface area contributed by atoms with Gasteiger partial charge < -0.3 is 9.64 Å². The summed E-state index contributed by atoms with van der Waals surface area (Å²) in [7, 11) is 2.01. The Kier molecular flexibility index (Phi) is 4.14. The summed E-state index contributed by atoms with van der Waals surface area (Å²) in [6.07, 6.45) is 2.28. The molecular weight excluding hydrogens is 320 g/mol. The third-order valence-corrected chi connectivity index (χ3v) is 4.10. The number of likely N-dealkylation sites (N-methyl/N-ethyl adjacent to an activating group) is 1. The fourth-order valence-electron chi connectivity index (χ4n) is 2.53. The molecule has 1 aromatic heterocycles. The number of nitrogens with zero attached hydrogens (tertiary/aromatic N) is 4.